The Kier molecular flexibility index (Phi) is 4.26. The number of nitrogens with zero attached hydrogens (tertiary/aromatic N) is 1. The summed E-state index contributed by atoms with van der Waals surface area (Å²) < 4.78 is 1.87. The third kappa shape index (κ3) is 3.32. The Hall–Kier alpha value is -0.350. The molecule has 92 valence electrons. The SMILES string of the molecule is CCCN(C(=O)c1cc(Br)cc(Br)c1)C1CC1. The lowest BCUT2D eigenvalue weighted by Crippen LogP contribution is -2.33. The highest BCUT2D eigenvalue weighted by Gasteiger charge is 2.32. The van der Waals surface area contributed by atoms with E-state index in [1.807, 2.05) is 23.1 Å². The molecule has 17 heavy (non-hydrogen) atoms. The first kappa shape index (κ1) is 13.1. The molecule has 4 heteroatoms. The zero-order valence-electron chi connectivity index (χ0n) is 9.75. The van der Waals surface area contributed by atoms with Gasteiger partial charge in [0.15, 0.2) is 0 Å². The first-order valence-corrected chi connectivity index (χ1v) is 7.47. The van der Waals surface area contributed by atoms with Crippen molar-refractivity contribution in [3.8, 4) is 0 Å². The fraction of sp³-hybridized carbons (Fsp3) is 0.462. The van der Waals surface area contributed by atoms with Crippen LogP contribution in [0, 0.1) is 0 Å². The Balaban J connectivity index is 2.21. The van der Waals surface area contributed by atoms with E-state index in [-0.39, 0.29) is 5.91 Å². The average Bonchev–Trinajstić information content (AvgIpc) is 3.07. The van der Waals surface area contributed by atoms with E-state index >= 15 is 0 Å². The first-order valence-electron chi connectivity index (χ1n) is 5.89. The number of benzene rings is 1. The average molecular weight is 361 g/mol. The summed E-state index contributed by atoms with van der Waals surface area (Å²) >= 11 is 6.84. The van der Waals surface area contributed by atoms with E-state index in [2.05, 4.69) is 38.8 Å². The predicted octanol–water partition coefficient (Wildman–Crippen LogP) is 4.23. The minimum absolute atomic E-state index is 0.149. The fourth-order valence-corrected chi connectivity index (χ4v) is 3.21. The summed E-state index contributed by atoms with van der Waals surface area (Å²) in [5.74, 6) is 0.149. The van der Waals surface area contributed by atoms with Crippen molar-refractivity contribution >= 4 is 37.8 Å². The van der Waals surface area contributed by atoms with Crippen LogP contribution in [0.25, 0.3) is 0 Å². The van der Waals surface area contributed by atoms with Crippen molar-refractivity contribution < 1.29 is 4.79 Å². The van der Waals surface area contributed by atoms with Crippen LogP contribution in [-0.2, 0) is 0 Å². The molecule has 0 unspecified atom stereocenters. The zero-order valence-corrected chi connectivity index (χ0v) is 12.9. The van der Waals surface area contributed by atoms with Crippen LogP contribution in [0.1, 0.15) is 36.5 Å². The number of amides is 1. The summed E-state index contributed by atoms with van der Waals surface area (Å²) in [6, 6.07) is 6.19. The van der Waals surface area contributed by atoms with Crippen LogP contribution >= 0.6 is 31.9 Å². The molecule has 1 aromatic rings. The zero-order chi connectivity index (χ0) is 12.4. The molecule has 0 heterocycles. The summed E-state index contributed by atoms with van der Waals surface area (Å²) in [7, 11) is 0. The lowest BCUT2D eigenvalue weighted by Gasteiger charge is -2.22. The molecule has 2 nitrogen and oxygen atoms in total. The van der Waals surface area contributed by atoms with Gasteiger partial charge in [-0.25, -0.2) is 0 Å². The van der Waals surface area contributed by atoms with Crippen molar-refractivity contribution in [1.29, 1.82) is 0 Å². The van der Waals surface area contributed by atoms with E-state index in [1.54, 1.807) is 0 Å². The molecule has 1 amide bonds. The van der Waals surface area contributed by atoms with E-state index in [9.17, 15) is 4.79 Å². The highest BCUT2D eigenvalue weighted by Crippen LogP contribution is 2.29. The quantitative estimate of drug-likeness (QED) is 0.786. The van der Waals surface area contributed by atoms with Gasteiger partial charge in [0.1, 0.15) is 0 Å². The van der Waals surface area contributed by atoms with E-state index in [1.165, 1.54) is 0 Å². The van der Waals surface area contributed by atoms with Crippen molar-refractivity contribution in [2.75, 3.05) is 6.54 Å². The molecule has 0 atom stereocenters. The molecule has 2 rings (SSSR count). The van der Waals surface area contributed by atoms with Crippen molar-refractivity contribution in [3.63, 3.8) is 0 Å². The van der Waals surface area contributed by atoms with Crippen molar-refractivity contribution in [1.82, 2.24) is 4.90 Å². The molecular weight excluding hydrogens is 346 g/mol. The maximum atomic E-state index is 12.4. The van der Waals surface area contributed by atoms with Crippen molar-refractivity contribution in [3.05, 3.63) is 32.7 Å². The fourth-order valence-electron chi connectivity index (χ4n) is 1.92. The number of carbonyl (C=O) groups is 1. The normalized spacial score (nSPS) is 14.8. The number of hydrogen-bond donors (Lipinski definition) is 0. The molecular formula is C13H15Br2NO. The van der Waals surface area contributed by atoms with Gasteiger partial charge < -0.3 is 4.90 Å². The summed E-state index contributed by atoms with van der Waals surface area (Å²) in [6.45, 7) is 2.97. The van der Waals surface area contributed by atoms with Gasteiger partial charge in [0.2, 0.25) is 0 Å². The summed E-state index contributed by atoms with van der Waals surface area (Å²) in [4.78, 5) is 14.4. The smallest absolute Gasteiger partial charge is 0.254 e. The summed E-state index contributed by atoms with van der Waals surface area (Å²) in [6.07, 6.45) is 3.32. The van der Waals surface area contributed by atoms with E-state index < -0.39 is 0 Å². The van der Waals surface area contributed by atoms with Gasteiger partial charge in [-0.3, -0.25) is 4.79 Å². The third-order valence-corrected chi connectivity index (χ3v) is 3.74. The number of halogens is 2. The predicted molar refractivity (Wildman–Crippen MR) is 76.2 cm³/mol. The minimum atomic E-state index is 0.149. The van der Waals surface area contributed by atoms with Crippen LogP contribution in [0.3, 0.4) is 0 Å². The molecule has 0 aliphatic heterocycles. The molecule has 0 bridgehead atoms. The lowest BCUT2D eigenvalue weighted by atomic mass is 10.2. The molecule has 1 fully saturated rings. The van der Waals surface area contributed by atoms with Gasteiger partial charge in [0.25, 0.3) is 5.91 Å². The van der Waals surface area contributed by atoms with Crippen molar-refractivity contribution in [2.45, 2.75) is 32.2 Å². The summed E-state index contributed by atoms with van der Waals surface area (Å²) in [5, 5.41) is 0. The second kappa shape index (κ2) is 5.53. The maximum absolute atomic E-state index is 12.4. The van der Waals surface area contributed by atoms with E-state index in [0.29, 0.717) is 6.04 Å². The summed E-state index contributed by atoms with van der Waals surface area (Å²) in [5.41, 5.74) is 0.756. The molecule has 0 radical (unpaired) electrons. The van der Waals surface area contributed by atoms with Gasteiger partial charge in [0.05, 0.1) is 0 Å². The second-order valence-electron chi connectivity index (χ2n) is 4.39. The lowest BCUT2D eigenvalue weighted by molar-refractivity contribution is 0.0743. The van der Waals surface area contributed by atoms with Gasteiger partial charge in [-0.2, -0.15) is 0 Å². The topological polar surface area (TPSA) is 20.3 Å². The minimum Gasteiger partial charge on any atom is -0.336 e. The number of carbonyl (C=O) groups excluding carboxylic acids is 1. The van der Waals surface area contributed by atoms with Crippen LogP contribution < -0.4 is 0 Å². The Morgan fingerprint density at radius 1 is 1.29 bits per heavy atom. The maximum Gasteiger partial charge on any atom is 0.254 e. The molecule has 0 N–H and O–H groups in total. The monoisotopic (exact) mass is 359 g/mol. The Morgan fingerprint density at radius 2 is 1.88 bits per heavy atom. The standard InChI is InChI=1S/C13H15Br2NO/c1-2-5-16(12-3-4-12)13(17)9-6-10(14)8-11(15)7-9/h6-8,12H,2-5H2,1H3. The van der Waals surface area contributed by atoms with Gasteiger partial charge >= 0.3 is 0 Å². The van der Waals surface area contributed by atoms with Crippen molar-refractivity contribution in [2.24, 2.45) is 0 Å². The second-order valence-corrected chi connectivity index (χ2v) is 6.22. The highest BCUT2D eigenvalue weighted by atomic mass is 79.9. The molecule has 1 aromatic carbocycles. The molecule has 1 aliphatic rings. The van der Waals surface area contributed by atoms with E-state index in [4.69, 9.17) is 0 Å². The van der Waals surface area contributed by atoms with E-state index in [0.717, 1.165) is 40.3 Å². The Labute approximate surface area is 119 Å². The Bertz CT molecular complexity index is 409. The first-order chi connectivity index (χ1) is 8.11. The molecule has 0 aromatic heterocycles. The van der Waals surface area contributed by atoms with Gasteiger partial charge in [-0.1, -0.05) is 38.8 Å². The highest BCUT2D eigenvalue weighted by molar-refractivity contribution is 9.11. The molecule has 1 saturated carbocycles. The number of rotatable bonds is 4. The third-order valence-electron chi connectivity index (χ3n) is 2.82. The van der Waals surface area contributed by atoms with Gasteiger partial charge in [-0.05, 0) is 37.5 Å². The molecule has 1 aliphatic carbocycles. The molecule has 0 saturated heterocycles. The van der Waals surface area contributed by atoms with Gasteiger partial charge in [0, 0.05) is 27.1 Å². The van der Waals surface area contributed by atoms with Gasteiger partial charge in [-0.15, -0.1) is 0 Å². The molecule has 0 spiro atoms. The number of hydrogen-bond acceptors (Lipinski definition) is 1. The van der Waals surface area contributed by atoms with Crippen LogP contribution in [0.2, 0.25) is 0 Å². The van der Waals surface area contributed by atoms with Crippen LogP contribution in [-0.4, -0.2) is 23.4 Å². The van der Waals surface area contributed by atoms with Crippen LogP contribution in [0.5, 0.6) is 0 Å². The van der Waals surface area contributed by atoms with Crippen LogP contribution in [0.4, 0.5) is 0 Å². The van der Waals surface area contributed by atoms with Crippen LogP contribution in [0.15, 0.2) is 27.1 Å². The Morgan fingerprint density at radius 3 is 2.35 bits per heavy atom. The largest absolute Gasteiger partial charge is 0.336 e.